The molecule has 19 heavy (non-hydrogen) atoms. The van der Waals surface area contributed by atoms with Gasteiger partial charge in [-0.25, -0.2) is 4.79 Å². The van der Waals surface area contributed by atoms with E-state index in [2.05, 4.69) is 41.0 Å². The smallest absolute Gasteiger partial charge is 0.314 e. The zero-order chi connectivity index (χ0) is 13.3. The van der Waals surface area contributed by atoms with Crippen molar-refractivity contribution in [2.75, 3.05) is 7.05 Å². The average Bonchev–Trinajstić information content (AvgIpc) is 2.49. The number of fused-ring (bicyclic) bond motifs is 3. The zero-order valence-corrected chi connectivity index (χ0v) is 11.5. The van der Waals surface area contributed by atoms with E-state index in [4.69, 9.17) is 0 Å². The van der Waals surface area contributed by atoms with Gasteiger partial charge in [-0.15, -0.1) is 0 Å². The lowest BCUT2D eigenvalue weighted by atomic mass is 9.55. The Morgan fingerprint density at radius 3 is 2.11 bits per heavy atom. The summed E-state index contributed by atoms with van der Waals surface area (Å²) in [6.45, 7) is 0. The molecule has 0 heterocycles. The number of carbonyl (C=O) groups is 1. The SMILES string of the molecule is CNC(=O)NC12CCC(c3ccccc3)(CC1)CC2. The van der Waals surface area contributed by atoms with Crippen molar-refractivity contribution in [2.24, 2.45) is 0 Å². The molecule has 3 nitrogen and oxygen atoms in total. The lowest BCUT2D eigenvalue weighted by molar-refractivity contribution is 0.0839. The number of urea groups is 1. The minimum atomic E-state index is -0.0332. The number of nitrogens with one attached hydrogen (secondary N) is 2. The number of amides is 2. The van der Waals surface area contributed by atoms with Gasteiger partial charge in [-0.2, -0.15) is 0 Å². The molecule has 2 bridgehead atoms. The van der Waals surface area contributed by atoms with Gasteiger partial charge in [0.25, 0.3) is 0 Å². The molecule has 102 valence electrons. The topological polar surface area (TPSA) is 41.1 Å². The highest BCUT2D eigenvalue weighted by Gasteiger charge is 2.49. The van der Waals surface area contributed by atoms with E-state index in [-0.39, 0.29) is 11.6 Å². The van der Waals surface area contributed by atoms with Crippen molar-refractivity contribution in [3.05, 3.63) is 35.9 Å². The summed E-state index contributed by atoms with van der Waals surface area (Å²) in [7, 11) is 1.69. The molecular formula is C16H22N2O. The fourth-order valence-corrected chi connectivity index (χ4v) is 3.90. The molecule has 0 unspecified atom stereocenters. The van der Waals surface area contributed by atoms with Crippen LogP contribution in [-0.4, -0.2) is 18.6 Å². The lowest BCUT2D eigenvalue weighted by Crippen LogP contribution is -2.59. The molecule has 0 aromatic heterocycles. The molecule has 3 saturated carbocycles. The normalized spacial score (nSPS) is 32.9. The Hall–Kier alpha value is -1.51. The van der Waals surface area contributed by atoms with Crippen LogP contribution < -0.4 is 10.6 Å². The highest BCUT2D eigenvalue weighted by atomic mass is 16.2. The van der Waals surface area contributed by atoms with Gasteiger partial charge in [0.15, 0.2) is 0 Å². The predicted octanol–water partition coefficient (Wildman–Crippen LogP) is 2.96. The summed E-state index contributed by atoms with van der Waals surface area (Å²) >= 11 is 0. The van der Waals surface area contributed by atoms with Crippen molar-refractivity contribution in [1.29, 1.82) is 0 Å². The molecule has 2 N–H and O–H groups in total. The number of hydrogen-bond acceptors (Lipinski definition) is 1. The molecule has 3 aliphatic rings. The van der Waals surface area contributed by atoms with Crippen molar-refractivity contribution in [3.8, 4) is 0 Å². The first-order chi connectivity index (χ1) is 9.18. The van der Waals surface area contributed by atoms with Gasteiger partial charge in [-0.3, -0.25) is 0 Å². The van der Waals surface area contributed by atoms with Crippen molar-refractivity contribution >= 4 is 6.03 Å². The van der Waals surface area contributed by atoms with E-state index in [1.807, 2.05) is 0 Å². The number of rotatable bonds is 2. The molecule has 2 amide bonds. The Bertz CT molecular complexity index is 444. The Balaban J connectivity index is 1.76. The van der Waals surface area contributed by atoms with Crippen molar-refractivity contribution in [3.63, 3.8) is 0 Å². The maximum absolute atomic E-state index is 11.6. The van der Waals surface area contributed by atoms with Crippen LogP contribution in [0.5, 0.6) is 0 Å². The molecule has 0 saturated heterocycles. The molecule has 1 aromatic rings. The summed E-state index contributed by atoms with van der Waals surface area (Å²) in [5, 5.41) is 5.87. The van der Waals surface area contributed by atoms with Gasteiger partial charge in [-0.05, 0) is 49.5 Å². The first kappa shape index (κ1) is 12.5. The van der Waals surface area contributed by atoms with Gasteiger partial charge in [0.05, 0.1) is 0 Å². The Morgan fingerprint density at radius 2 is 1.58 bits per heavy atom. The number of carbonyl (C=O) groups excluding carboxylic acids is 1. The molecule has 0 radical (unpaired) electrons. The molecule has 3 fully saturated rings. The highest BCUT2D eigenvalue weighted by molar-refractivity contribution is 5.74. The standard InChI is InChI=1S/C16H22N2O/c1-17-14(19)18-16-10-7-15(8-11-16,9-12-16)13-5-3-2-4-6-13/h2-6H,7-12H2,1H3,(H2,17,18,19). The first-order valence-corrected chi connectivity index (χ1v) is 7.24. The van der Waals surface area contributed by atoms with Crippen LogP contribution in [-0.2, 0) is 5.41 Å². The van der Waals surface area contributed by atoms with E-state index in [1.54, 1.807) is 7.05 Å². The van der Waals surface area contributed by atoms with Gasteiger partial charge in [0.1, 0.15) is 0 Å². The molecule has 3 heteroatoms. The minimum Gasteiger partial charge on any atom is -0.341 e. The molecular weight excluding hydrogens is 236 g/mol. The summed E-state index contributed by atoms with van der Waals surface area (Å²) < 4.78 is 0. The van der Waals surface area contributed by atoms with Crippen LogP contribution in [0.25, 0.3) is 0 Å². The lowest BCUT2D eigenvalue weighted by Gasteiger charge is -2.54. The first-order valence-electron chi connectivity index (χ1n) is 7.24. The maximum atomic E-state index is 11.6. The highest BCUT2D eigenvalue weighted by Crippen LogP contribution is 2.53. The summed E-state index contributed by atoms with van der Waals surface area (Å²) in [6.07, 6.45) is 6.91. The molecule has 0 atom stereocenters. The third kappa shape index (κ3) is 2.11. The monoisotopic (exact) mass is 258 g/mol. The van der Waals surface area contributed by atoms with E-state index >= 15 is 0 Å². The maximum Gasteiger partial charge on any atom is 0.314 e. The summed E-state index contributed by atoms with van der Waals surface area (Å²) in [6, 6.07) is 10.9. The van der Waals surface area contributed by atoms with E-state index in [0.717, 1.165) is 19.3 Å². The Morgan fingerprint density at radius 1 is 1.00 bits per heavy atom. The summed E-state index contributed by atoms with van der Waals surface area (Å²) in [5.74, 6) is 0. The van der Waals surface area contributed by atoms with Gasteiger partial charge < -0.3 is 10.6 Å². The van der Waals surface area contributed by atoms with Crippen LogP contribution in [0, 0.1) is 0 Å². The molecule has 4 rings (SSSR count). The van der Waals surface area contributed by atoms with Crippen LogP contribution >= 0.6 is 0 Å². The van der Waals surface area contributed by atoms with E-state index < -0.39 is 0 Å². The molecule has 0 aliphatic heterocycles. The Labute approximate surface area is 114 Å². The van der Waals surface area contributed by atoms with Crippen LogP contribution in [0.4, 0.5) is 4.79 Å². The fraction of sp³-hybridized carbons (Fsp3) is 0.562. The summed E-state index contributed by atoms with van der Waals surface area (Å²) in [4.78, 5) is 11.6. The van der Waals surface area contributed by atoms with E-state index in [1.165, 1.54) is 24.8 Å². The molecule has 0 spiro atoms. The van der Waals surface area contributed by atoms with Gasteiger partial charge in [-0.1, -0.05) is 30.3 Å². The predicted molar refractivity (Wildman–Crippen MR) is 76.1 cm³/mol. The quantitative estimate of drug-likeness (QED) is 0.841. The number of benzene rings is 1. The van der Waals surface area contributed by atoms with Gasteiger partial charge >= 0.3 is 6.03 Å². The summed E-state index contributed by atoms with van der Waals surface area (Å²) in [5.41, 5.74) is 1.91. The molecule has 1 aromatic carbocycles. The second-order valence-electron chi connectivity index (χ2n) is 6.13. The molecule has 3 aliphatic carbocycles. The van der Waals surface area contributed by atoms with Crippen LogP contribution in [0.15, 0.2) is 30.3 Å². The van der Waals surface area contributed by atoms with Gasteiger partial charge in [0.2, 0.25) is 0 Å². The zero-order valence-electron chi connectivity index (χ0n) is 11.5. The average molecular weight is 258 g/mol. The van der Waals surface area contributed by atoms with E-state index in [9.17, 15) is 4.79 Å². The third-order valence-electron chi connectivity index (χ3n) is 5.24. The van der Waals surface area contributed by atoms with Gasteiger partial charge in [0, 0.05) is 12.6 Å². The van der Waals surface area contributed by atoms with Crippen molar-refractivity contribution in [1.82, 2.24) is 10.6 Å². The minimum absolute atomic E-state index is 0.0332. The van der Waals surface area contributed by atoms with Crippen molar-refractivity contribution in [2.45, 2.75) is 49.5 Å². The third-order valence-corrected chi connectivity index (χ3v) is 5.24. The van der Waals surface area contributed by atoms with Crippen LogP contribution in [0.2, 0.25) is 0 Å². The van der Waals surface area contributed by atoms with Crippen LogP contribution in [0.3, 0.4) is 0 Å². The fourth-order valence-electron chi connectivity index (χ4n) is 3.90. The number of hydrogen-bond donors (Lipinski definition) is 2. The van der Waals surface area contributed by atoms with Crippen LogP contribution in [0.1, 0.15) is 44.1 Å². The largest absolute Gasteiger partial charge is 0.341 e. The Kier molecular flexibility index (Phi) is 3.00. The van der Waals surface area contributed by atoms with E-state index in [0.29, 0.717) is 5.41 Å². The second-order valence-corrected chi connectivity index (χ2v) is 6.13. The van der Waals surface area contributed by atoms with Crippen molar-refractivity contribution < 1.29 is 4.79 Å². The second kappa shape index (κ2) is 4.55.